The Kier molecular flexibility index (Phi) is 6.26. The van der Waals surface area contributed by atoms with Gasteiger partial charge in [-0.25, -0.2) is 4.79 Å². The Morgan fingerprint density at radius 2 is 1.26 bits per heavy atom. The largest absolute Gasteiger partial charge is 0.446 e. The quantitative estimate of drug-likeness (QED) is 0.411. The van der Waals surface area contributed by atoms with Gasteiger partial charge in [-0.2, -0.15) is 39.5 Å². The van der Waals surface area contributed by atoms with Gasteiger partial charge >= 0.3 is 24.5 Å². The molecule has 12 heteroatoms. The van der Waals surface area contributed by atoms with Crippen LogP contribution in [0, 0.1) is 11.8 Å². The van der Waals surface area contributed by atoms with Crippen LogP contribution in [0.2, 0.25) is 0 Å². The summed E-state index contributed by atoms with van der Waals surface area (Å²) < 4.78 is 122. The first-order valence-corrected chi connectivity index (χ1v) is 7.69. The van der Waals surface area contributed by atoms with E-state index in [9.17, 15) is 49.4 Å². The van der Waals surface area contributed by atoms with Crippen molar-refractivity contribution in [1.29, 1.82) is 0 Å². The topological polar surface area (TPSA) is 46.5 Å². The van der Waals surface area contributed by atoms with Gasteiger partial charge in [0.25, 0.3) is 5.60 Å². The van der Waals surface area contributed by atoms with Crippen molar-refractivity contribution in [1.82, 2.24) is 0 Å². The molecule has 1 atom stereocenters. The van der Waals surface area contributed by atoms with Crippen molar-refractivity contribution in [3.63, 3.8) is 0 Å². The lowest BCUT2D eigenvalue weighted by Gasteiger charge is -2.45. The van der Waals surface area contributed by atoms with Gasteiger partial charge < -0.3 is 9.84 Å². The van der Waals surface area contributed by atoms with E-state index in [0.29, 0.717) is 13.0 Å². The first-order chi connectivity index (χ1) is 11.9. The summed E-state index contributed by atoms with van der Waals surface area (Å²) in [5.41, 5.74) is -8.14. The van der Waals surface area contributed by atoms with E-state index in [0.717, 1.165) is 0 Å². The summed E-state index contributed by atoms with van der Waals surface area (Å²) in [5.74, 6) is -5.39. The minimum absolute atomic E-state index is 0.460. The van der Waals surface area contributed by atoms with E-state index in [2.05, 4.69) is 11.3 Å². The van der Waals surface area contributed by atoms with Crippen LogP contribution in [0.3, 0.4) is 0 Å². The Labute approximate surface area is 148 Å². The number of esters is 1. The van der Waals surface area contributed by atoms with E-state index in [1.54, 1.807) is 0 Å². The lowest BCUT2D eigenvalue weighted by molar-refractivity contribution is -0.388. The zero-order chi connectivity index (χ0) is 21.5. The van der Waals surface area contributed by atoms with Crippen molar-refractivity contribution >= 4 is 5.97 Å². The summed E-state index contributed by atoms with van der Waals surface area (Å²) in [6.07, 6.45) is -20.3. The molecule has 1 fully saturated rings. The second-order valence-electron chi connectivity index (χ2n) is 6.54. The Hall–Kier alpha value is -1.46. The Morgan fingerprint density at radius 3 is 1.56 bits per heavy atom. The van der Waals surface area contributed by atoms with Crippen LogP contribution in [0.15, 0.2) is 12.7 Å². The molecule has 158 valence electrons. The molecule has 1 saturated carbocycles. The van der Waals surface area contributed by atoms with Crippen LogP contribution < -0.4 is 0 Å². The molecule has 0 heterocycles. The highest BCUT2D eigenvalue weighted by Gasteiger charge is 2.74. The fourth-order valence-corrected chi connectivity index (χ4v) is 3.31. The Bertz CT molecular complexity index is 542. The number of carbonyl (C=O) groups excluding carboxylic acids is 1. The summed E-state index contributed by atoms with van der Waals surface area (Å²) >= 11 is 0. The first-order valence-electron chi connectivity index (χ1n) is 7.69. The van der Waals surface area contributed by atoms with Gasteiger partial charge in [-0.1, -0.05) is 6.58 Å². The van der Waals surface area contributed by atoms with Crippen LogP contribution >= 0.6 is 0 Å². The van der Waals surface area contributed by atoms with Gasteiger partial charge in [-0.3, -0.25) is 0 Å². The molecule has 0 aromatic rings. The first kappa shape index (κ1) is 23.6. The molecule has 1 rings (SSSR count). The van der Waals surface area contributed by atoms with Gasteiger partial charge in [0.15, 0.2) is 0 Å². The third-order valence-corrected chi connectivity index (χ3v) is 5.00. The smallest absolute Gasteiger partial charge is 0.428 e. The van der Waals surface area contributed by atoms with Gasteiger partial charge in [0, 0.05) is 17.9 Å². The van der Waals surface area contributed by atoms with Gasteiger partial charge in [0.1, 0.15) is 0 Å². The zero-order valence-corrected chi connectivity index (χ0v) is 13.9. The van der Waals surface area contributed by atoms with E-state index in [4.69, 9.17) is 0 Å². The Morgan fingerprint density at radius 1 is 0.889 bits per heavy atom. The summed E-state index contributed by atoms with van der Waals surface area (Å²) in [5, 5.41) is 9.37. The lowest BCUT2D eigenvalue weighted by atomic mass is 9.68. The van der Waals surface area contributed by atoms with Gasteiger partial charge in [0.05, 0.1) is 0 Å². The zero-order valence-electron chi connectivity index (χ0n) is 13.9. The Balaban J connectivity index is 3.11. The highest BCUT2D eigenvalue weighted by Crippen LogP contribution is 2.54. The fraction of sp³-hybridized carbons (Fsp3) is 0.800. The van der Waals surface area contributed by atoms with Crippen LogP contribution in [0.25, 0.3) is 0 Å². The molecule has 27 heavy (non-hydrogen) atoms. The standard InChI is InChI=1S/C15H17F9O3/c1-3-10(25)27-11(2,13(16,17)18)8-4-6-9(7-5-8)12(26,14(19,20)21)15(22,23)24/h3,8-9,26H,1,4-7H2,2H3. The van der Waals surface area contributed by atoms with Crippen LogP contribution in [0.1, 0.15) is 32.6 Å². The number of hydrogen-bond acceptors (Lipinski definition) is 3. The molecule has 1 aliphatic carbocycles. The average Bonchev–Trinajstić information content (AvgIpc) is 2.50. The number of aliphatic hydroxyl groups is 1. The van der Waals surface area contributed by atoms with E-state index >= 15 is 0 Å². The predicted molar refractivity (Wildman–Crippen MR) is 73.3 cm³/mol. The highest BCUT2D eigenvalue weighted by atomic mass is 19.4. The summed E-state index contributed by atoms with van der Waals surface area (Å²) in [7, 11) is 0. The van der Waals surface area contributed by atoms with Crippen molar-refractivity contribution in [3.05, 3.63) is 12.7 Å². The van der Waals surface area contributed by atoms with Crippen LogP contribution in [-0.4, -0.2) is 40.8 Å². The number of alkyl halides is 9. The maximum atomic E-state index is 13.4. The molecule has 0 aromatic carbocycles. The van der Waals surface area contributed by atoms with Gasteiger partial charge in [0.2, 0.25) is 5.60 Å². The minimum Gasteiger partial charge on any atom is -0.446 e. The van der Waals surface area contributed by atoms with Crippen molar-refractivity contribution < 1.29 is 54.2 Å². The third kappa shape index (κ3) is 4.19. The van der Waals surface area contributed by atoms with Crippen LogP contribution in [0.4, 0.5) is 39.5 Å². The number of carbonyl (C=O) groups is 1. The monoisotopic (exact) mass is 416 g/mol. The van der Waals surface area contributed by atoms with Gasteiger partial charge in [-0.15, -0.1) is 0 Å². The number of rotatable bonds is 4. The molecule has 0 aliphatic heterocycles. The van der Waals surface area contributed by atoms with Crippen LogP contribution in [0.5, 0.6) is 0 Å². The van der Waals surface area contributed by atoms with E-state index in [1.807, 2.05) is 0 Å². The molecule has 0 saturated heterocycles. The minimum atomic E-state index is -6.05. The molecule has 0 radical (unpaired) electrons. The third-order valence-electron chi connectivity index (χ3n) is 5.00. The molecule has 0 aromatic heterocycles. The maximum absolute atomic E-state index is 13.4. The van der Waals surface area contributed by atoms with Crippen molar-refractivity contribution in [2.45, 2.75) is 62.3 Å². The molecule has 1 N–H and O–H groups in total. The van der Waals surface area contributed by atoms with Crippen molar-refractivity contribution in [3.8, 4) is 0 Å². The summed E-state index contributed by atoms with van der Waals surface area (Å²) in [6, 6.07) is 0. The van der Waals surface area contributed by atoms with Crippen molar-refractivity contribution in [2.24, 2.45) is 11.8 Å². The molecular weight excluding hydrogens is 399 g/mol. The molecule has 3 nitrogen and oxygen atoms in total. The molecule has 0 spiro atoms. The molecule has 0 bridgehead atoms. The summed E-state index contributed by atoms with van der Waals surface area (Å²) in [6.45, 7) is 3.44. The van der Waals surface area contributed by atoms with Crippen LogP contribution in [-0.2, 0) is 9.53 Å². The second-order valence-corrected chi connectivity index (χ2v) is 6.54. The maximum Gasteiger partial charge on any atom is 0.428 e. The summed E-state index contributed by atoms with van der Waals surface area (Å²) in [4.78, 5) is 11.2. The number of hydrogen-bond donors (Lipinski definition) is 1. The predicted octanol–water partition coefficient (Wildman–Crippen LogP) is 4.70. The molecule has 1 aliphatic rings. The second kappa shape index (κ2) is 7.17. The fourth-order valence-electron chi connectivity index (χ4n) is 3.31. The van der Waals surface area contributed by atoms with E-state index in [1.165, 1.54) is 0 Å². The van der Waals surface area contributed by atoms with Gasteiger partial charge in [-0.05, 0) is 32.6 Å². The SMILES string of the molecule is C=CC(=O)OC(C)(C1CCC(C(O)(C(F)(F)F)C(F)(F)F)CC1)C(F)(F)F. The lowest BCUT2D eigenvalue weighted by Crippen LogP contribution is -2.63. The molecule has 1 unspecified atom stereocenters. The molecule has 0 amide bonds. The van der Waals surface area contributed by atoms with E-state index in [-0.39, 0.29) is 0 Å². The normalized spacial score (nSPS) is 24.9. The highest BCUT2D eigenvalue weighted by molar-refractivity contribution is 5.81. The van der Waals surface area contributed by atoms with Crippen molar-refractivity contribution in [2.75, 3.05) is 0 Å². The molecular formula is C15H17F9O3. The number of halogens is 9. The average molecular weight is 416 g/mol. The van der Waals surface area contributed by atoms with E-state index < -0.39 is 73.2 Å². The number of ether oxygens (including phenoxy) is 1.